The van der Waals surface area contributed by atoms with E-state index >= 15 is 0 Å². The number of ether oxygens (including phenoxy) is 1. The zero-order valence-electron chi connectivity index (χ0n) is 18.2. The summed E-state index contributed by atoms with van der Waals surface area (Å²) in [5.74, 6) is 0.418. The molecule has 0 aliphatic carbocycles. The molecule has 1 fully saturated rings. The molecule has 0 saturated carbocycles. The third kappa shape index (κ3) is 4.80. The summed E-state index contributed by atoms with van der Waals surface area (Å²) in [6.45, 7) is 4.54. The number of hydrogen-bond donors (Lipinski definition) is 1. The molecular weight excluding hydrogens is 424 g/mol. The van der Waals surface area contributed by atoms with Gasteiger partial charge in [0, 0.05) is 24.6 Å². The fourth-order valence-electron chi connectivity index (χ4n) is 3.80. The Bertz CT molecular complexity index is 1090. The fourth-order valence-corrected chi connectivity index (χ4v) is 4.64. The molecule has 32 heavy (non-hydrogen) atoms. The largest absolute Gasteiger partial charge is 0.481 e. The smallest absolute Gasteiger partial charge is 0.267 e. The van der Waals surface area contributed by atoms with Gasteiger partial charge in [-0.25, -0.2) is 0 Å². The van der Waals surface area contributed by atoms with E-state index < -0.39 is 6.10 Å². The Kier molecular flexibility index (Phi) is 6.80. The summed E-state index contributed by atoms with van der Waals surface area (Å²) in [6, 6.07) is 17.2. The zero-order valence-corrected chi connectivity index (χ0v) is 19.0. The molecule has 166 valence electrons. The van der Waals surface area contributed by atoms with E-state index in [2.05, 4.69) is 28.5 Å². The maximum Gasteiger partial charge on any atom is 0.267 e. The van der Waals surface area contributed by atoms with Gasteiger partial charge in [-0.05, 0) is 36.6 Å². The number of rotatable bonds is 8. The molecule has 1 aliphatic rings. The molecular formula is C24H26N4O3S. The van der Waals surface area contributed by atoms with Crippen molar-refractivity contribution in [1.29, 1.82) is 0 Å². The third-order valence-corrected chi connectivity index (χ3v) is 6.49. The van der Waals surface area contributed by atoms with Crippen LogP contribution in [0.5, 0.6) is 5.75 Å². The number of carbonyl (C=O) groups is 2. The number of aromatic nitrogens is 2. The first-order valence-electron chi connectivity index (χ1n) is 10.8. The number of amides is 2. The van der Waals surface area contributed by atoms with Crippen LogP contribution in [0, 0.1) is 0 Å². The summed E-state index contributed by atoms with van der Waals surface area (Å²) in [7, 11) is 0. The lowest BCUT2D eigenvalue weighted by atomic mass is 10.1. The molecule has 2 amide bonds. The number of aryl methyl sites for hydroxylation is 1. The van der Waals surface area contributed by atoms with E-state index in [-0.39, 0.29) is 17.7 Å². The molecule has 0 spiro atoms. The van der Waals surface area contributed by atoms with Gasteiger partial charge in [-0.3, -0.25) is 14.9 Å². The van der Waals surface area contributed by atoms with Crippen molar-refractivity contribution in [2.24, 2.45) is 0 Å². The number of nitrogens with one attached hydrogen (secondary N) is 1. The van der Waals surface area contributed by atoms with Gasteiger partial charge in [-0.1, -0.05) is 61.6 Å². The van der Waals surface area contributed by atoms with Crippen molar-refractivity contribution >= 4 is 34.0 Å². The Labute approximate surface area is 191 Å². The second kappa shape index (κ2) is 9.91. The van der Waals surface area contributed by atoms with Gasteiger partial charge in [0.25, 0.3) is 5.91 Å². The third-order valence-electron chi connectivity index (χ3n) is 5.49. The highest BCUT2D eigenvalue weighted by Crippen LogP contribution is 2.35. The molecule has 4 rings (SSSR count). The van der Waals surface area contributed by atoms with Crippen molar-refractivity contribution in [3.8, 4) is 5.75 Å². The predicted molar refractivity (Wildman–Crippen MR) is 125 cm³/mol. The average molecular weight is 451 g/mol. The van der Waals surface area contributed by atoms with Crippen molar-refractivity contribution in [1.82, 2.24) is 10.2 Å². The van der Waals surface area contributed by atoms with Crippen molar-refractivity contribution in [2.75, 3.05) is 16.8 Å². The lowest BCUT2D eigenvalue weighted by Crippen LogP contribution is -2.32. The van der Waals surface area contributed by atoms with Crippen molar-refractivity contribution in [2.45, 2.75) is 45.1 Å². The topological polar surface area (TPSA) is 84.4 Å². The Morgan fingerprint density at radius 3 is 2.66 bits per heavy atom. The summed E-state index contributed by atoms with van der Waals surface area (Å²) >= 11 is 1.31. The number of anilines is 2. The molecule has 0 bridgehead atoms. The number of benzene rings is 2. The molecule has 1 saturated heterocycles. The Morgan fingerprint density at radius 1 is 1.16 bits per heavy atom. The molecule has 1 aromatic heterocycles. The predicted octanol–water partition coefficient (Wildman–Crippen LogP) is 4.42. The Hall–Kier alpha value is -3.26. The zero-order chi connectivity index (χ0) is 22.5. The van der Waals surface area contributed by atoms with Gasteiger partial charge >= 0.3 is 0 Å². The summed E-state index contributed by atoms with van der Waals surface area (Å²) in [6.07, 6.45) is 1.15. The van der Waals surface area contributed by atoms with Crippen LogP contribution in [0.1, 0.15) is 43.2 Å². The minimum Gasteiger partial charge on any atom is -0.481 e. The van der Waals surface area contributed by atoms with E-state index in [1.165, 1.54) is 11.3 Å². The van der Waals surface area contributed by atoms with E-state index in [9.17, 15) is 9.59 Å². The molecule has 8 heteroatoms. The molecule has 0 radical (unpaired) electrons. The monoisotopic (exact) mass is 450 g/mol. The van der Waals surface area contributed by atoms with Gasteiger partial charge in [0.2, 0.25) is 11.0 Å². The second-order valence-corrected chi connectivity index (χ2v) is 8.66. The van der Waals surface area contributed by atoms with Gasteiger partial charge in [0.1, 0.15) is 10.8 Å². The van der Waals surface area contributed by atoms with Crippen molar-refractivity contribution in [3.63, 3.8) is 0 Å². The first-order valence-corrected chi connectivity index (χ1v) is 11.6. The van der Waals surface area contributed by atoms with Crippen LogP contribution in [0.3, 0.4) is 0 Å². The first-order chi connectivity index (χ1) is 15.6. The molecule has 2 heterocycles. The maximum absolute atomic E-state index is 12.7. The standard InChI is InChI=1S/C24H26N4O3S/c1-3-16-10-8-9-13-19(16)28-15-17(14-21(28)29)23-26-27-24(32-23)25-22(30)20(4-2)31-18-11-6-5-7-12-18/h5-13,17,20H,3-4,14-15H2,1-2H3,(H,25,27,30). The van der Waals surface area contributed by atoms with Crippen molar-refractivity contribution < 1.29 is 14.3 Å². The summed E-state index contributed by atoms with van der Waals surface area (Å²) in [4.78, 5) is 27.2. The highest BCUT2D eigenvalue weighted by atomic mass is 32.1. The average Bonchev–Trinajstić information content (AvgIpc) is 3.44. The first kappa shape index (κ1) is 22.0. The minimum absolute atomic E-state index is 0.0434. The van der Waals surface area contributed by atoms with E-state index in [4.69, 9.17) is 4.74 Å². The summed E-state index contributed by atoms with van der Waals surface area (Å²) in [5.41, 5.74) is 2.11. The number of hydrogen-bond acceptors (Lipinski definition) is 6. The molecule has 1 N–H and O–H groups in total. The number of nitrogens with zero attached hydrogens (tertiary/aromatic N) is 3. The normalized spacial score (nSPS) is 16.8. The van der Waals surface area contributed by atoms with Gasteiger partial charge in [0.05, 0.1) is 0 Å². The SMILES string of the molecule is CCc1ccccc1N1CC(c2nnc(NC(=O)C(CC)Oc3ccccc3)s2)CC1=O. The van der Waals surface area contributed by atoms with Crippen LogP contribution < -0.4 is 15.0 Å². The van der Waals surface area contributed by atoms with E-state index in [1.807, 2.05) is 60.4 Å². The molecule has 1 aliphatic heterocycles. The van der Waals surface area contributed by atoms with E-state index in [0.717, 1.165) is 22.7 Å². The molecule has 3 aromatic rings. The van der Waals surface area contributed by atoms with E-state index in [1.54, 1.807) is 0 Å². The van der Waals surface area contributed by atoms with Crippen LogP contribution in [0.15, 0.2) is 54.6 Å². The van der Waals surface area contributed by atoms with Crippen LogP contribution in [0.2, 0.25) is 0 Å². The van der Waals surface area contributed by atoms with Gasteiger partial charge in [0.15, 0.2) is 6.10 Å². The quantitative estimate of drug-likeness (QED) is 0.549. The van der Waals surface area contributed by atoms with Crippen LogP contribution in [0.4, 0.5) is 10.8 Å². The number of para-hydroxylation sites is 2. The van der Waals surface area contributed by atoms with Crippen LogP contribution in [0.25, 0.3) is 0 Å². The lowest BCUT2D eigenvalue weighted by Gasteiger charge is -2.19. The molecule has 2 aromatic carbocycles. The Morgan fingerprint density at radius 2 is 1.91 bits per heavy atom. The van der Waals surface area contributed by atoms with Crippen LogP contribution in [-0.4, -0.2) is 34.7 Å². The highest BCUT2D eigenvalue weighted by Gasteiger charge is 2.34. The number of carbonyl (C=O) groups excluding carboxylic acids is 2. The lowest BCUT2D eigenvalue weighted by molar-refractivity contribution is -0.122. The van der Waals surface area contributed by atoms with Crippen LogP contribution in [-0.2, 0) is 16.0 Å². The van der Waals surface area contributed by atoms with E-state index in [0.29, 0.717) is 30.3 Å². The van der Waals surface area contributed by atoms with Gasteiger partial charge in [-0.15, -0.1) is 10.2 Å². The minimum atomic E-state index is -0.626. The van der Waals surface area contributed by atoms with Crippen LogP contribution >= 0.6 is 11.3 Å². The van der Waals surface area contributed by atoms with Gasteiger partial charge in [-0.2, -0.15) is 0 Å². The van der Waals surface area contributed by atoms with Gasteiger partial charge < -0.3 is 9.64 Å². The van der Waals surface area contributed by atoms with Crippen molar-refractivity contribution in [3.05, 3.63) is 65.2 Å². The highest BCUT2D eigenvalue weighted by molar-refractivity contribution is 7.15. The Balaban J connectivity index is 1.41. The summed E-state index contributed by atoms with van der Waals surface area (Å²) in [5, 5.41) is 12.4. The maximum atomic E-state index is 12.7. The second-order valence-electron chi connectivity index (χ2n) is 7.65. The summed E-state index contributed by atoms with van der Waals surface area (Å²) < 4.78 is 5.80. The fraction of sp³-hybridized carbons (Fsp3) is 0.333. The molecule has 2 atom stereocenters. The molecule has 2 unspecified atom stereocenters. The molecule has 7 nitrogen and oxygen atoms in total.